The second-order valence-corrected chi connectivity index (χ2v) is 5.67. The first kappa shape index (κ1) is 14.4. The summed E-state index contributed by atoms with van der Waals surface area (Å²) in [5.74, 6) is 0.966. The van der Waals surface area contributed by atoms with Crippen molar-refractivity contribution in [2.45, 2.75) is 51.8 Å². The van der Waals surface area contributed by atoms with E-state index in [1.807, 2.05) is 6.07 Å². The van der Waals surface area contributed by atoms with Gasteiger partial charge in [-0.3, -0.25) is 4.90 Å². The maximum absolute atomic E-state index is 5.88. The first-order valence-corrected chi connectivity index (χ1v) is 7.38. The van der Waals surface area contributed by atoms with Crippen molar-refractivity contribution in [2.75, 3.05) is 13.1 Å². The molecule has 1 aromatic carbocycles. The number of hydrogen-bond acceptors (Lipinski definition) is 3. The molecule has 1 saturated heterocycles. The van der Waals surface area contributed by atoms with Crippen LogP contribution >= 0.6 is 0 Å². The monoisotopic (exact) mass is 262 g/mol. The number of nitrogens with two attached hydrogens (primary N) is 1. The van der Waals surface area contributed by atoms with Crippen LogP contribution in [-0.2, 0) is 6.54 Å². The van der Waals surface area contributed by atoms with Gasteiger partial charge in [0.05, 0.1) is 6.10 Å². The molecule has 1 heterocycles. The molecule has 2 N–H and O–H groups in total. The molecule has 1 aromatic rings. The van der Waals surface area contributed by atoms with Crippen LogP contribution in [0.1, 0.15) is 38.7 Å². The summed E-state index contributed by atoms with van der Waals surface area (Å²) in [5.41, 5.74) is 7.19. The van der Waals surface area contributed by atoms with Crippen LogP contribution in [-0.4, -0.2) is 30.1 Å². The van der Waals surface area contributed by atoms with Gasteiger partial charge in [-0.1, -0.05) is 18.6 Å². The van der Waals surface area contributed by atoms with Gasteiger partial charge in [0, 0.05) is 19.1 Å². The highest BCUT2D eigenvalue weighted by atomic mass is 16.5. The molecule has 3 heteroatoms. The van der Waals surface area contributed by atoms with Crippen LogP contribution in [0.2, 0.25) is 0 Å². The third-order valence-electron chi connectivity index (χ3n) is 3.68. The van der Waals surface area contributed by atoms with Crippen molar-refractivity contribution in [1.29, 1.82) is 0 Å². The van der Waals surface area contributed by atoms with Crippen molar-refractivity contribution in [3.8, 4) is 5.75 Å². The Labute approximate surface area is 116 Å². The molecular formula is C16H26N2O. The van der Waals surface area contributed by atoms with E-state index in [1.165, 1.54) is 24.8 Å². The number of ether oxygens (including phenoxy) is 1. The number of piperidine rings is 1. The highest BCUT2D eigenvalue weighted by Gasteiger charge is 2.20. The minimum atomic E-state index is 0.224. The molecule has 0 aromatic heterocycles. The van der Waals surface area contributed by atoms with Crippen LogP contribution < -0.4 is 10.5 Å². The summed E-state index contributed by atoms with van der Waals surface area (Å²) < 4.78 is 5.75. The zero-order valence-electron chi connectivity index (χ0n) is 12.1. The Morgan fingerprint density at radius 1 is 1.37 bits per heavy atom. The summed E-state index contributed by atoms with van der Waals surface area (Å²) in [5, 5.41) is 0. The van der Waals surface area contributed by atoms with Crippen molar-refractivity contribution in [2.24, 2.45) is 5.73 Å². The molecule has 3 nitrogen and oxygen atoms in total. The molecule has 106 valence electrons. The molecular weight excluding hydrogens is 236 g/mol. The van der Waals surface area contributed by atoms with E-state index in [0.717, 1.165) is 25.4 Å². The zero-order valence-corrected chi connectivity index (χ0v) is 12.1. The predicted octanol–water partition coefficient (Wildman–Crippen LogP) is 2.79. The lowest BCUT2D eigenvalue weighted by Crippen LogP contribution is -2.43. The molecule has 1 unspecified atom stereocenters. The Morgan fingerprint density at radius 3 is 2.95 bits per heavy atom. The molecule has 1 aliphatic rings. The lowest BCUT2D eigenvalue weighted by atomic mass is 10.0. The molecule has 0 radical (unpaired) electrons. The minimum absolute atomic E-state index is 0.224. The van der Waals surface area contributed by atoms with Gasteiger partial charge in [-0.05, 0) is 50.9 Å². The molecule has 1 fully saturated rings. The van der Waals surface area contributed by atoms with Crippen LogP contribution in [0.4, 0.5) is 0 Å². The number of rotatable bonds is 5. The van der Waals surface area contributed by atoms with E-state index in [9.17, 15) is 0 Å². The highest BCUT2D eigenvalue weighted by molar-refractivity contribution is 5.28. The summed E-state index contributed by atoms with van der Waals surface area (Å²) in [7, 11) is 0. The predicted molar refractivity (Wildman–Crippen MR) is 79.3 cm³/mol. The summed E-state index contributed by atoms with van der Waals surface area (Å²) in [6.45, 7) is 7.03. The Hall–Kier alpha value is -1.06. The van der Waals surface area contributed by atoms with Crippen molar-refractivity contribution >= 4 is 0 Å². The molecule has 0 saturated carbocycles. The average Bonchev–Trinajstić information content (AvgIpc) is 2.39. The summed E-state index contributed by atoms with van der Waals surface area (Å²) in [6, 6.07) is 8.98. The van der Waals surface area contributed by atoms with Gasteiger partial charge in [0.1, 0.15) is 5.75 Å². The van der Waals surface area contributed by atoms with Gasteiger partial charge in [0.25, 0.3) is 0 Å². The maximum Gasteiger partial charge on any atom is 0.120 e. The molecule has 19 heavy (non-hydrogen) atoms. The number of likely N-dealkylation sites (tertiary alicyclic amines) is 1. The first-order chi connectivity index (χ1) is 9.19. The fraction of sp³-hybridized carbons (Fsp3) is 0.625. The lowest BCUT2D eigenvalue weighted by Gasteiger charge is -2.35. The summed E-state index contributed by atoms with van der Waals surface area (Å²) >= 11 is 0. The molecule has 0 spiro atoms. The molecule has 0 bridgehead atoms. The third-order valence-corrected chi connectivity index (χ3v) is 3.68. The van der Waals surface area contributed by atoms with Gasteiger partial charge in [-0.2, -0.15) is 0 Å². The van der Waals surface area contributed by atoms with Crippen molar-refractivity contribution in [3.05, 3.63) is 29.8 Å². The Balaban J connectivity index is 2.01. The number of hydrogen-bond donors (Lipinski definition) is 1. The van der Waals surface area contributed by atoms with E-state index in [0.29, 0.717) is 6.04 Å². The van der Waals surface area contributed by atoms with Crippen LogP contribution in [0.5, 0.6) is 5.75 Å². The van der Waals surface area contributed by atoms with Gasteiger partial charge in [0.15, 0.2) is 0 Å². The Morgan fingerprint density at radius 2 is 2.21 bits per heavy atom. The number of benzene rings is 1. The normalized spacial score (nSPS) is 20.7. The van der Waals surface area contributed by atoms with Gasteiger partial charge in [-0.15, -0.1) is 0 Å². The molecule has 2 rings (SSSR count). The molecule has 1 aliphatic heterocycles. The van der Waals surface area contributed by atoms with Crippen molar-refractivity contribution in [3.63, 3.8) is 0 Å². The van der Waals surface area contributed by atoms with E-state index in [1.54, 1.807) is 0 Å². The standard InChI is InChI=1S/C16H26N2O/c1-13(2)19-16-8-5-6-14(10-16)12-18-9-4-3-7-15(18)11-17/h5-6,8,10,13,15H,3-4,7,9,11-12,17H2,1-2H3. The van der Waals surface area contributed by atoms with Crippen LogP contribution in [0.3, 0.4) is 0 Å². The molecule has 0 amide bonds. The zero-order chi connectivity index (χ0) is 13.7. The Bertz CT molecular complexity index is 392. The maximum atomic E-state index is 5.88. The van der Waals surface area contributed by atoms with Crippen molar-refractivity contribution < 1.29 is 4.74 Å². The smallest absolute Gasteiger partial charge is 0.120 e. The van der Waals surface area contributed by atoms with E-state index in [2.05, 4.69) is 36.9 Å². The highest BCUT2D eigenvalue weighted by Crippen LogP contribution is 2.21. The van der Waals surface area contributed by atoms with E-state index in [4.69, 9.17) is 10.5 Å². The second-order valence-electron chi connectivity index (χ2n) is 5.67. The van der Waals surface area contributed by atoms with Crippen LogP contribution in [0.15, 0.2) is 24.3 Å². The van der Waals surface area contributed by atoms with E-state index in [-0.39, 0.29) is 6.10 Å². The average molecular weight is 262 g/mol. The van der Waals surface area contributed by atoms with Crippen molar-refractivity contribution in [1.82, 2.24) is 4.90 Å². The second kappa shape index (κ2) is 6.92. The fourth-order valence-electron chi connectivity index (χ4n) is 2.76. The van der Waals surface area contributed by atoms with E-state index < -0.39 is 0 Å². The third kappa shape index (κ3) is 4.22. The largest absolute Gasteiger partial charge is 0.491 e. The first-order valence-electron chi connectivity index (χ1n) is 7.38. The minimum Gasteiger partial charge on any atom is -0.491 e. The van der Waals surface area contributed by atoms with Crippen LogP contribution in [0.25, 0.3) is 0 Å². The lowest BCUT2D eigenvalue weighted by molar-refractivity contribution is 0.144. The fourth-order valence-corrected chi connectivity index (χ4v) is 2.76. The van der Waals surface area contributed by atoms with Gasteiger partial charge >= 0.3 is 0 Å². The topological polar surface area (TPSA) is 38.5 Å². The van der Waals surface area contributed by atoms with Gasteiger partial charge in [-0.25, -0.2) is 0 Å². The molecule has 0 aliphatic carbocycles. The van der Waals surface area contributed by atoms with Gasteiger partial charge < -0.3 is 10.5 Å². The van der Waals surface area contributed by atoms with E-state index >= 15 is 0 Å². The summed E-state index contributed by atoms with van der Waals surface area (Å²) in [6.07, 6.45) is 4.06. The Kier molecular flexibility index (Phi) is 5.23. The quantitative estimate of drug-likeness (QED) is 0.887. The van der Waals surface area contributed by atoms with Crippen LogP contribution in [0, 0.1) is 0 Å². The summed E-state index contributed by atoms with van der Waals surface area (Å²) in [4.78, 5) is 2.51. The SMILES string of the molecule is CC(C)Oc1cccc(CN2CCCCC2CN)c1. The van der Waals surface area contributed by atoms with Gasteiger partial charge in [0.2, 0.25) is 0 Å². The number of nitrogens with zero attached hydrogens (tertiary/aromatic N) is 1. The molecule has 1 atom stereocenters.